The number of likely N-dealkylation sites (N-methyl/N-ethyl adjacent to an activating group) is 1. The summed E-state index contributed by atoms with van der Waals surface area (Å²) in [7, 11) is 0.320. The van der Waals surface area contributed by atoms with Gasteiger partial charge in [0, 0.05) is 13.0 Å². The SMILES string of the molecule is Cc1ccc(S(=O)(=O)CCC(=O)NCC(c2ccco2)N(C)C)cc1. The molecule has 1 unspecified atom stereocenters. The van der Waals surface area contributed by atoms with Gasteiger partial charge >= 0.3 is 0 Å². The van der Waals surface area contributed by atoms with Crippen molar-refractivity contribution in [3.8, 4) is 0 Å². The van der Waals surface area contributed by atoms with Crippen LogP contribution in [0.4, 0.5) is 0 Å². The molecule has 0 aliphatic heterocycles. The number of aryl methyl sites for hydroxylation is 1. The first-order valence-corrected chi connectivity index (χ1v) is 9.71. The maximum absolute atomic E-state index is 12.3. The maximum Gasteiger partial charge on any atom is 0.221 e. The molecule has 1 heterocycles. The normalized spacial score (nSPS) is 13.0. The maximum atomic E-state index is 12.3. The lowest BCUT2D eigenvalue weighted by molar-refractivity contribution is -0.120. The minimum Gasteiger partial charge on any atom is -0.468 e. The lowest BCUT2D eigenvalue weighted by Crippen LogP contribution is -2.35. The van der Waals surface area contributed by atoms with Crippen LogP contribution < -0.4 is 5.32 Å². The van der Waals surface area contributed by atoms with Crippen LogP contribution in [0.3, 0.4) is 0 Å². The molecule has 1 aromatic carbocycles. The van der Waals surface area contributed by atoms with Crippen molar-refractivity contribution in [2.45, 2.75) is 24.3 Å². The van der Waals surface area contributed by atoms with E-state index in [1.807, 2.05) is 32.0 Å². The predicted octanol–water partition coefficient (Wildman–Crippen LogP) is 2.17. The van der Waals surface area contributed by atoms with Gasteiger partial charge in [-0.15, -0.1) is 0 Å². The number of carbonyl (C=O) groups is 1. The second-order valence-corrected chi connectivity index (χ2v) is 8.29. The van der Waals surface area contributed by atoms with Gasteiger partial charge in [-0.3, -0.25) is 9.69 Å². The first kappa shape index (κ1) is 19.2. The van der Waals surface area contributed by atoms with Gasteiger partial charge in [0.2, 0.25) is 5.91 Å². The highest BCUT2D eigenvalue weighted by Gasteiger charge is 2.20. The summed E-state index contributed by atoms with van der Waals surface area (Å²) < 4.78 is 29.9. The predicted molar refractivity (Wildman–Crippen MR) is 96.0 cm³/mol. The monoisotopic (exact) mass is 364 g/mol. The molecular formula is C18H24N2O4S. The summed E-state index contributed by atoms with van der Waals surface area (Å²) in [5.41, 5.74) is 0.990. The van der Waals surface area contributed by atoms with Crippen molar-refractivity contribution < 1.29 is 17.6 Å². The molecule has 2 aromatic rings. The van der Waals surface area contributed by atoms with E-state index >= 15 is 0 Å². The van der Waals surface area contributed by atoms with Crippen LogP contribution in [0.2, 0.25) is 0 Å². The summed E-state index contributed by atoms with van der Waals surface area (Å²) in [4.78, 5) is 14.2. The van der Waals surface area contributed by atoms with Gasteiger partial charge in [0.15, 0.2) is 9.84 Å². The Morgan fingerprint density at radius 2 is 1.88 bits per heavy atom. The Bertz CT molecular complexity index is 781. The van der Waals surface area contributed by atoms with E-state index in [4.69, 9.17) is 4.42 Å². The van der Waals surface area contributed by atoms with Gasteiger partial charge in [0.05, 0.1) is 23.0 Å². The molecule has 0 spiro atoms. The molecule has 6 nitrogen and oxygen atoms in total. The molecule has 136 valence electrons. The zero-order valence-corrected chi connectivity index (χ0v) is 15.5. The second-order valence-electron chi connectivity index (χ2n) is 6.18. The van der Waals surface area contributed by atoms with E-state index < -0.39 is 9.84 Å². The van der Waals surface area contributed by atoms with Crippen molar-refractivity contribution in [1.82, 2.24) is 10.2 Å². The van der Waals surface area contributed by atoms with Crippen LogP contribution in [0.1, 0.15) is 23.8 Å². The summed E-state index contributed by atoms with van der Waals surface area (Å²) in [6.45, 7) is 2.24. The van der Waals surface area contributed by atoms with E-state index in [0.29, 0.717) is 6.54 Å². The number of furan rings is 1. The van der Waals surface area contributed by atoms with Gasteiger partial charge < -0.3 is 9.73 Å². The standard InChI is InChI=1S/C18H24N2O4S/c1-14-6-8-15(9-7-14)25(22,23)12-10-18(21)19-13-16(20(2)3)17-5-4-11-24-17/h4-9,11,16H,10,12-13H2,1-3H3,(H,19,21). The number of benzene rings is 1. The van der Waals surface area contributed by atoms with Crippen LogP contribution in [0.25, 0.3) is 0 Å². The topological polar surface area (TPSA) is 79.6 Å². The minimum absolute atomic E-state index is 0.0749. The van der Waals surface area contributed by atoms with Gasteiger partial charge in [-0.05, 0) is 45.3 Å². The summed E-state index contributed by atoms with van der Waals surface area (Å²) in [5, 5.41) is 2.78. The van der Waals surface area contributed by atoms with Gasteiger partial charge in [0.1, 0.15) is 5.76 Å². The Labute approximate surface area is 148 Å². The smallest absolute Gasteiger partial charge is 0.221 e. The summed E-state index contributed by atoms with van der Waals surface area (Å²) >= 11 is 0. The number of sulfone groups is 1. The molecule has 0 bridgehead atoms. The summed E-state index contributed by atoms with van der Waals surface area (Å²) in [6.07, 6.45) is 1.51. The minimum atomic E-state index is -3.46. The third-order valence-corrected chi connectivity index (χ3v) is 5.70. The van der Waals surface area contributed by atoms with Gasteiger partial charge in [-0.25, -0.2) is 8.42 Å². The molecule has 1 amide bonds. The molecule has 0 fully saturated rings. The molecule has 7 heteroatoms. The number of hydrogen-bond donors (Lipinski definition) is 1. The number of rotatable bonds is 8. The van der Waals surface area contributed by atoms with E-state index in [1.54, 1.807) is 36.6 Å². The molecule has 25 heavy (non-hydrogen) atoms. The van der Waals surface area contributed by atoms with Crippen molar-refractivity contribution in [3.63, 3.8) is 0 Å². The number of amides is 1. The zero-order valence-electron chi connectivity index (χ0n) is 14.7. The molecule has 1 atom stereocenters. The number of nitrogens with one attached hydrogen (secondary N) is 1. The van der Waals surface area contributed by atoms with Crippen molar-refractivity contribution in [2.75, 3.05) is 26.4 Å². The lowest BCUT2D eigenvalue weighted by atomic mass is 10.2. The largest absolute Gasteiger partial charge is 0.468 e. The van der Waals surface area contributed by atoms with E-state index in [-0.39, 0.29) is 29.0 Å². The van der Waals surface area contributed by atoms with Crippen LogP contribution in [0, 0.1) is 6.92 Å². The van der Waals surface area contributed by atoms with Crippen molar-refractivity contribution in [3.05, 3.63) is 54.0 Å². The average molecular weight is 364 g/mol. The quantitative estimate of drug-likeness (QED) is 0.776. The van der Waals surface area contributed by atoms with Crippen molar-refractivity contribution in [2.24, 2.45) is 0 Å². The molecule has 0 saturated heterocycles. The first-order valence-electron chi connectivity index (χ1n) is 8.05. The Morgan fingerprint density at radius 3 is 2.44 bits per heavy atom. The van der Waals surface area contributed by atoms with E-state index in [0.717, 1.165) is 11.3 Å². The highest BCUT2D eigenvalue weighted by atomic mass is 32.2. The van der Waals surface area contributed by atoms with Crippen LogP contribution in [0.15, 0.2) is 52.0 Å². The van der Waals surface area contributed by atoms with Crippen LogP contribution >= 0.6 is 0 Å². The highest BCUT2D eigenvalue weighted by molar-refractivity contribution is 7.91. The van der Waals surface area contributed by atoms with E-state index in [9.17, 15) is 13.2 Å². The number of carbonyl (C=O) groups excluding carboxylic acids is 1. The molecular weight excluding hydrogens is 340 g/mol. The molecule has 0 aliphatic rings. The third kappa shape index (κ3) is 5.44. The van der Waals surface area contributed by atoms with E-state index in [1.165, 1.54) is 0 Å². The number of hydrogen-bond acceptors (Lipinski definition) is 5. The van der Waals surface area contributed by atoms with Crippen molar-refractivity contribution in [1.29, 1.82) is 0 Å². The second kappa shape index (κ2) is 8.31. The zero-order chi connectivity index (χ0) is 18.4. The number of nitrogens with zero attached hydrogens (tertiary/aromatic N) is 1. The molecule has 1 aromatic heterocycles. The Hall–Kier alpha value is -2.12. The highest BCUT2D eigenvalue weighted by Crippen LogP contribution is 2.17. The van der Waals surface area contributed by atoms with Crippen LogP contribution in [-0.2, 0) is 14.6 Å². The fourth-order valence-electron chi connectivity index (χ4n) is 2.41. The third-order valence-electron chi connectivity index (χ3n) is 3.97. The molecule has 0 radical (unpaired) electrons. The fraction of sp³-hybridized carbons (Fsp3) is 0.389. The lowest BCUT2D eigenvalue weighted by Gasteiger charge is -2.22. The first-order chi connectivity index (χ1) is 11.8. The summed E-state index contributed by atoms with van der Waals surface area (Å²) in [5.74, 6) is 0.238. The average Bonchev–Trinajstić information content (AvgIpc) is 3.07. The van der Waals surface area contributed by atoms with Crippen molar-refractivity contribution >= 4 is 15.7 Å². The molecule has 0 saturated carbocycles. The molecule has 1 N–H and O–H groups in total. The summed E-state index contributed by atoms with van der Waals surface area (Å²) in [6, 6.07) is 10.2. The fourth-order valence-corrected chi connectivity index (χ4v) is 3.65. The van der Waals surface area contributed by atoms with Gasteiger partial charge in [-0.1, -0.05) is 17.7 Å². The van der Waals surface area contributed by atoms with Gasteiger partial charge in [0.25, 0.3) is 0 Å². The molecule has 0 aliphatic carbocycles. The van der Waals surface area contributed by atoms with Gasteiger partial charge in [-0.2, -0.15) is 0 Å². The van der Waals surface area contributed by atoms with Crippen LogP contribution in [-0.4, -0.2) is 45.6 Å². The van der Waals surface area contributed by atoms with Crippen LogP contribution in [0.5, 0.6) is 0 Å². The molecule has 2 rings (SSSR count). The Kier molecular flexibility index (Phi) is 6.39. The Balaban J connectivity index is 1.88. The Morgan fingerprint density at radius 1 is 1.20 bits per heavy atom. The van der Waals surface area contributed by atoms with E-state index in [2.05, 4.69) is 5.32 Å².